The van der Waals surface area contributed by atoms with E-state index in [0.29, 0.717) is 18.8 Å². The van der Waals surface area contributed by atoms with Gasteiger partial charge in [-0.3, -0.25) is 0 Å². The highest BCUT2D eigenvalue weighted by Crippen LogP contribution is 2.70. The van der Waals surface area contributed by atoms with Crippen molar-refractivity contribution in [2.75, 3.05) is 6.61 Å². The summed E-state index contributed by atoms with van der Waals surface area (Å²) in [6.45, 7) is 9.90. The molecule has 4 aliphatic carbocycles. The minimum atomic E-state index is -1.01. The van der Waals surface area contributed by atoms with Gasteiger partial charge in [0.2, 0.25) is 0 Å². The van der Waals surface area contributed by atoms with E-state index in [0.717, 1.165) is 44.1 Å². The van der Waals surface area contributed by atoms with E-state index in [4.69, 9.17) is 33.2 Å². The van der Waals surface area contributed by atoms with E-state index in [1.54, 1.807) is 19.9 Å². The number of carbonyl (C=O) groups excluding carboxylic acids is 1. The third kappa shape index (κ3) is 6.95. The number of aliphatic hydroxyl groups is 6. The molecular weight excluding hydrogens is 716 g/mol. The first kappa shape index (κ1) is 40.5. The molecule has 0 aromatic carbocycles. The van der Waals surface area contributed by atoms with Gasteiger partial charge >= 0.3 is 5.97 Å². The largest absolute Gasteiger partial charge is 0.458 e. The molecule has 0 bridgehead atoms. The number of carbonyl (C=O) groups is 1. The number of fused-ring (bicyclic) bond motifs is 5. The van der Waals surface area contributed by atoms with Crippen LogP contribution >= 0.6 is 0 Å². The van der Waals surface area contributed by atoms with Crippen molar-refractivity contribution in [1.29, 1.82) is 0 Å². The van der Waals surface area contributed by atoms with Gasteiger partial charge in [0, 0.05) is 30.8 Å². The van der Waals surface area contributed by atoms with E-state index in [1.807, 2.05) is 13.8 Å². The molecule has 0 unspecified atom stereocenters. The summed E-state index contributed by atoms with van der Waals surface area (Å²) in [5, 5.41) is 66.9. The Labute approximate surface area is 323 Å². The third-order valence-electron chi connectivity index (χ3n) is 16.0. The van der Waals surface area contributed by atoms with Crippen molar-refractivity contribution >= 4 is 5.97 Å². The summed E-state index contributed by atoms with van der Waals surface area (Å²) < 4.78 is 42.1. The zero-order valence-electron chi connectivity index (χ0n) is 32.9. The third-order valence-corrected chi connectivity index (χ3v) is 16.0. The van der Waals surface area contributed by atoms with E-state index in [9.17, 15) is 35.4 Å². The molecule has 4 aliphatic heterocycles. The summed E-state index contributed by atoms with van der Waals surface area (Å²) in [6.07, 6.45) is -1.51. The maximum Gasteiger partial charge on any atom is 0.331 e. The number of ether oxygens (including phenoxy) is 7. The quantitative estimate of drug-likeness (QED) is 0.162. The van der Waals surface area contributed by atoms with Crippen LogP contribution in [0.15, 0.2) is 11.6 Å². The summed E-state index contributed by atoms with van der Waals surface area (Å²) in [7, 11) is 0. The first-order valence-electron chi connectivity index (χ1n) is 20.9. The summed E-state index contributed by atoms with van der Waals surface area (Å²) in [4.78, 5) is 11.9. The van der Waals surface area contributed by atoms with Crippen LogP contribution in [0.5, 0.6) is 0 Å². The molecule has 3 saturated heterocycles. The van der Waals surface area contributed by atoms with Crippen molar-refractivity contribution in [2.45, 2.75) is 197 Å². The highest BCUT2D eigenvalue weighted by atomic mass is 16.7. The maximum absolute atomic E-state index is 12.6. The molecule has 14 nitrogen and oxygen atoms in total. The van der Waals surface area contributed by atoms with Gasteiger partial charge in [0.25, 0.3) is 0 Å². The fourth-order valence-electron chi connectivity index (χ4n) is 12.8. The molecule has 0 aromatic heterocycles. The second-order valence-electron chi connectivity index (χ2n) is 18.8. The standard InChI is InChI=1S/C41H64O14/c1-19-36(47)28(42)15-34(50-19)54-38-21(3)52-35(17-30(38)44)55-37-20(2)51-33(16-29(37)43)53-24-8-10-39(4)23(13-24)6-7-26-27(39)14-31(45)40(5)25(9-11-41(26,40)48)22-12-32(46)49-18-22/h12,19-21,23-31,33-38,42-45,47-48H,6-11,13-18H2,1-5H3/t19-,20-,21-,23-,24+,25+,26-,27+,28+,29+,30+,31-,33+,34+,35+,36-,37-,38-,39+,40+,41+/m1/s1. The molecule has 0 aromatic rings. The zero-order chi connectivity index (χ0) is 39.2. The second-order valence-corrected chi connectivity index (χ2v) is 18.8. The number of cyclic esters (lactones) is 1. The molecule has 7 fully saturated rings. The number of esters is 1. The van der Waals surface area contributed by atoms with Gasteiger partial charge in [-0.25, -0.2) is 4.79 Å². The molecule has 8 rings (SSSR count). The van der Waals surface area contributed by atoms with Gasteiger partial charge in [-0.1, -0.05) is 13.8 Å². The van der Waals surface area contributed by atoms with Gasteiger partial charge in [0.1, 0.15) is 24.9 Å². The molecule has 4 heterocycles. The van der Waals surface area contributed by atoms with Gasteiger partial charge < -0.3 is 63.8 Å². The van der Waals surface area contributed by atoms with Crippen molar-refractivity contribution in [1.82, 2.24) is 0 Å². The van der Waals surface area contributed by atoms with Crippen LogP contribution in [0.25, 0.3) is 0 Å². The first-order chi connectivity index (χ1) is 26.0. The second kappa shape index (κ2) is 15.1. The summed E-state index contributed by atoms with van der Waals surface area (Å²) in [5.41, 5.74) is -0.892. The molecule has 14 heteroatoms. The zero-order valence-corrected chi connectivity index (χ0v) is 32.9. The van der Waals surface area contributed by atoms with E-state index >= 15 is 0 Å². The van der Waals surface area contributed by atoms with Crippen LogP contribution in [0.1, 0.15) is 105 Å². The SMILES string of the molecule is C[C@H]1O[C@@H](O[C@H]2[C@@H](O)C[C@H](O[C@H]3[C@@H](O)C[C@H](O[C@H]4CC[C@@]5(C)[C@H](CC[C@@H]6[C@@H]5C[C@@H](O)[C@]5(C)[C@H](C7=CC(=O)OC7)CC[C@]65O)C4)O[C@@H]3C)O[C@@H]2C)C[C@H](O)[C@@H]1O. The Hall–Kier alpha value is -1.27. The predicted octanol–water partition coefficient (Wildman–Crippen LogP) is 2.22. The first-order valence-corrected chi connectivity index (χ1v) is 20.9. The maximum atomic E-state index is 12.6. The topological polar surface area (TPSA) is 203 Å². The Bertz CT molecular complexity index is 1410. The van der Waals surface area contributed by atoms with E-state index in [1.165, 1.54) is 0 Å². The summed E-state index contributed by atoms with van der Waals surface area (Å²) in [6, 6.07) is 0. The van der Waals surface area contributed by atoms with Crippen LogP contribution in [-0.4, -0.2) is 135 Å². The van der Waals surface area contributed by atoms with E-state index in [-0.39, 0.29) is 61.1 Å². The van der Waals surface area contributed by atoms with Crippen molar-refractivity contribution in [3.05, 3.63) is 11.6 Å². The average Bonchev–Trinajstić information content (AvgIpc) is 3.67. The Balaban J connectivity index is 0.837. The lowest BCUT2D eigenvalue weighted by Gasteiger charge is -2.65. The lowest BCUT2D eigenvalue weighted by molar-refractivity contribution is -0.336. The van der Waals surface area contributed by atoms with Crippen LogP contribution in [0.2, 0.25) is 0 Å². The highest BCUT2D eigenvalue weighted by Gasteiger charge is 2.71. The number of aliphatic hydroxyl groups excluding tert-OH is 5. The highest BCUT2D eigenvalue weighted by molar-refractivity contribution is 5.85. The Kier molecular flexibility index (Phi) is 11.1. The molecule has 21 atom stereocenters. The molecule has 312 valence electrons. The van der Waals surface area contributed by atoms with E-state index in [2.05, 4.69) is 6.92 Å². The van der Waals surface area contributed by atoms with Gasteiger partial charge in [-0.2, -0.15) is 0 Å². The molecule has 4 saturated carbocycles. The molecule has 0 amide bonds. The fourth-order valence-corrected chi connectivity index (χ4v) is 12.8. The normalized spacial score (nSPS) is 55.5. The van der Waals surface area contributed by atoms with Crippen molar-refractivity contribution in [2.24, 2.45) is 34.5 Å². The lowest BCUT2D eigenvalue weighted by atomic mass is 9.42. The number of rotatable bonds is 7. The minimum absolute atomic E-state index is 0.0452. The molecule has 55 heavy (non-hydrogen) atoms. The Morgan fingerprint density at radius 1 is 0.691 bits per heavy atom. The van der Waals surface area contributed by atoms with Gasteiger partial charge in [0.05, 0.1) is 54.4 Å². The van der Waals surface area contributed by atoms with Crippen LogP contribution < -0.4 is 0 Å². The lowest BCUT2D eigenvalue weighted by Crippen LogP contribution is -2.67. The van der Waals surface area contributed by atoms with Gasteiger partial charge in [-0.05, 0) is 107 Å². The predicted molar refractivity (Wildman–Crippen MR) is 193 cm³/mol. The average molecular weight is 781 g/mol. The molecule has 8 aliphatic rings. The number of hydrogen-bond acceptors (Lipinski definition) is 14. The molecule has 6 N–H and O–H groups in total. The molecule has 0 radical (unpaired) electrons. The van der Waals surface area contributed by atoms with Gasteiger partial charge in [-0.15, -0.1) is 0 Å². The smallest absolute Gasteiger partial charge is 0.331 e. The van der Waals surface area contributed by atoms with E-state index < -0.39 is 90.9 Å². The van der Waals surface area contributed by atoms with Crippen LogP contribution in [-0.2, 0) is 38.0 Å². The Morgan fingerprint density at radius 3 is 1.87 bits per heavy atom. The summed E-state index contributed by atoms with van der Waals surface area (Å²) >= 11 is 0. The van der Waals surface area contributed by atoms with Crippen molar-refractivity contribution in [3.8, 4) is 0 Å². The van der Waals surface area contributed by atoms with Crippen molar-refractivity contribution in [3.63, 3.8) is 0 Å². The molecule has 0 spiro atoms. The van der Waals surface area contributed by atoms with Gasteiger partial charge in [0.15, 0.2) is 18.9 Å². The number of hydrogen-bond donors (Lipinski definition) is 6. The van der Waals surface area contributed by atoms with Crippen LogP contribution in [0.4, 0.5) is 0 Å². The van der Waals surface area contributed by atoms with Crippen LogP contribution in [0, 0.1) is 34.5 Å². The molecular formula is C41H64O14. The van der Waals surface area contributed by atoms with Crippen LogP contribution in [0.3, 0.4) is 0 Å². The minimum Gasteiger partial charge on any atom is -0.458 e. The summed E-state index contributed by atoms with van der Waals surface area (Å²) in [5.74, 6) is 0.204. The fraction of sp³-hybridized carbons (Fsp3) is 0.927. The monoisotopic (exact) mass is 780 g/mol. The van der Waals surface area contributed by atoms with Crippen molar-refractivity contribution < 1.29 is 68.6 Å². The Morgan fingerprint density at radius 2 is 1.29 bits per heavy atom.